The molecule has 25 heavy (non-hydrogen) atoms. The summed E-state index contributed by atoms with van der Waals surface area (Å²) in [5.74, 6) is 0.498. The van der Waals surface area contributed by atoms with E-state index in [2.05, 4.69) is 6.07 Å². The molecule has 0 spiro atoms. The Morgan fingerprint density at radius 3 is 2.76 bits per heavy atom. The lowest BCUT2D eigenvalue weighted by Crippen LogP contribution is -2.40. The second-order valence-electron chi connectivity index (χ2n) is 6.46. The zero-order valence-electron chi connectivity index (χ0n) is 14.1. The molecule has 0 saturated carbocycles. The molecule has 1 fully saturated rings. The first kappa shape index (κ1) is 17.2. The third-order valence-corrected chi connectivity index (χ3v) is 4.77. The van der Waals surface area contributed by atoms with Gasteiger partial charge in [-0.25, -0.2) is 0 Å². The second-order valence-corrected chi connectivity index (χ2v) is 6.46. The van der Waals surface area contributed by atoms with Crippen molar-refractivity contribution < 1.29 is 14.3 Å². The zero-order chi connectivity index (χ0) is 17.6. The molecule has 1 aliphatic heterocycles. The monoisotopic (exact) mass is 338 g/mol. The maximum atomic E-state index is 13.0. The van der Waals surface area contributed by atoms with E-state index in [1.807, 2.05) is 4.90 Å². The van der Waals surface area contributed by atoms with E-state index in [0.717, 1.165) is 25.7 Å². The molecule has 1 amide bonds. The number of aliphatic hydroxyl groups is 1. The Bertz CT molecular complexity index is 731. The molecule has 1 aromatic carbocycles. The van der Waals surface area contributed by atoms with Crippen molar-refractivity contribution >= 4 is 5.91 Å². The minimum atomic E-state index is -0.714. The predicted molar refractivity (Wildman–Crippen MR) is 92.7 cm³/mol. The number of benzene rings is 1. The Morgan fingerprint density at radius 2 is 2.08 bits per heavy atom. The Kier molecular flexibility index (Phi) is 5.52. The fraction of sp³-hybridized carbons (Fsp3) is 0.400. The maximum Gasteiger partial charge on any atom is 0.254 e. The Labute approximate surface area is 147 Å². The van der Waals surface area contributed by atoms with Crippen LogP contribution in [0.1, 0.15) is 59.9 Å². The van der Waals surface area contributed by atoms with Crippen LogP contribution in [0.25, 0.3) is 0 Å². The van der Waals surface area contributed by atoms with Gasteiger partial charge in [-0.3, -0.25) is 4.79 Å². The molecule has 1 N–H and O–H groups in total. The van der Waals surface area contributed by atoms with E-state index in [0.29, 0.717) is 29.9 Å². The van der Waals surface area contributed by atoms with E-state index in [1.165, 1.54) is 0 Å². The number of hydrogen-bond donors (Lipinski definition) is 1. The molecule has 130 valence electrons. The summed E-state index contributed by atoms with van der Waals surface area (Å²) in [5.41, 5.74) is 1.12. The van der Waals surface area contributed by atoms with Crippen molar-refractivity contribution in [1.82, 2.24) is 4.90 Å². The second kappa shape index (κ2) is 8.00. The van der Waals surface area contributed by atoms with Gasteiger partial charge in [0.2, 0.25) is 0 Å². The molecule has 5 heteroatoms. The number of carbonyl (C=O) groups is 1. The van der Waals surface area contributed by atoms with Gasteiger partial charge in [-0.15, -0.1) is 0 Å². The Morgan fingerprint density at radius 1 is 1.28 bits per heavy atom. The third-order valence-electron chi connectivity index (χ3n) is 4.77. The minimum absolute atomic E-state index is 0.0225. The normalized spacial score (nSPS) is 19.0. The van der Waals surface area contributed by atoms with Gasteiger partial charge in [-0.05, 0) is 49.2 Å². The highest BCUT2D eigenvalue weighted by atomic mass is 16.4. The summed E-state index contributed by atoms with van der Waals surface area (Å²) in [6.07, 6.45) is 5.28. The number of nitrogens with zero attached hydrogens (tertiary/aromatic N) is 2. The summed E-state index contributed by atoms with van der Waals surface area (Å²) < 4.78 is 5.29. The highest BCUT2D eigenvalue weighted by Crippen LogP contribution is 2.27. The van der Waals surface area contributed by atoms with E-state index in [9.17, 15) is 9.90 Å². The van der Waals surface area contributed by atoms with Gasteiger partial charge in [-0.2, -0.15) is 5.26 Å². The van der Waals surface area contributed by atoms with Crippen LogP contribution in [0.4, 0.5) is 0 Å². The van der Waals surface area contributed by atoms with E-state index < -0.39 is 6.10 Å². The van der Waals surface area contributed by atoms with Gasteiger partial charge in [0, 0.05) is 24.6 Å². The number of amides is 1. The molecule has 2 atom stereocenters. The largest absolute Gasteiger partial charge is 0.467 e. The van der Waals surface area contributed by atoms with Crippen molar-refractivity contribution in [3.05, 3.63) is 59.5 Å². The van der Waals surface area contributed by atoms with Crippen molar-refractivity contribution in [1.29, 1.82) is 5.26 Å². The van der Waals surface area contributed by atoms with Gasteiger partial charge < -0.3 is 14.4 Å². The molecular weight excluding hydrogens is 316 g/mol. The lowest BCUT2D eigenvalue weighted by molar-refractivity contribution is 0.0557. The summed E-state index contributed by atoms with van der Waals surface area (Å²) in [4.78, 5) is 14.8. The summed E-state index contributed by atoms with van der Waals surface area (Å²) >= 11 is 0. The quantitative estimate of drug-likeness (QED) is 0.923. The van der Waals surface area contributed by atoms with Gasteiger partial charge in [0.25, 0.3) is 5.91 Å². The highest BCUT2D eigenvalue weighted by Gasteiger charge is 2.29. The molecule has 1 aromatic heterocycles. The van der Waals surface area contributed by atoms with Gasteiger partial charge in [0.1, 0.15) is 11.9 Å². The van der Waals surface area contributed by atoms with Gasteiger partial charge >= 0.3 is 0 Å². The first-order chi connectivity index (χ1) is 12.2. The van der Waals surface area contributed by atoms with Gasteiger partial charge in [0.05, 0.1) is 17.9 Å². The van der Waals surface area contributed by atoms with Crippen LogP contribution in [-0.4, -0.2) is 28.5 Å². The molecule has 0 bridgehead atoms. The van der Waals surface area contributed by atoms with E-state index >= 15 is 0 Å². The number of aliphatic hydroxyl groups excluding tert-OH is 1. The number of rotatable bonds is 4. The lowest BCUT2D eigenvalue weighted by atomic mass is 10.0. The lowest BCUT2D eigenvalue weighted by Gasteiger charge is -2.31. The fourth-order valence-electron chi connectivity index (χ4n) is 3.40. The standard InChI is InChI=1S/C20H22N2O3/c21-14-15-7-9-16(10-8-15)20(24)22-11-3-1-2-5-17(22)13-18(23)19-6-4-12-25-19/h4,6-10,12,17-18,23H,1-3,5,11,13H2. The van der Waals surface area contributed by atoms with E-state index in [1.54, 1.807) is 42.7 Å². The molecule has 0 aliphatic carbocycles. The first-order valence-corrected chi connectivity index (χ1v) is 8.71. The van der Waals surface area contributed by atoms with Crippen molar-refractivity contribution in [3.8, 4) is 6.07 Å². The zero-order valence-corrected chi connectivity index (χ0v) is 14.1. The van der Waals surface area contributed by atoms with Crippen LogP contribution in [0.5, 0.6) is 0 Å². The van der Waals surface area contributed by atoms with E-state index in [4.69, 9.17) is 9.68 Å². The molecule has 2 heterocycles. The number of nitriles is 1. The summed E-state index contributed by atoms with van der Waals surface area (Å²) in [5, 5.41) is 19.3. The van der Waals surface area contributed by atoms with Gasteiger partial charge in [0.15, 0.2) is 0 Å². The van der Waals surface area contributed by atoms with Crippen molar-refractivity contribution in [3.63, 3.8) is 0 Å². The minimum Gasteiger partial charge on any atom is -0.467 e. The predicted octanol–water partition coefficient (Wildman–Crippen LogP) is 3.66. The molecule has 1 aliphatic rings. The summed E-state index contributed by atoms with van der Waals surface area (Å²) in [6.45, 7) is 0.689. The maximum absolute atomic E-state index is 13.0. The molecule has 3 rings (SSSR count). The molecule has 2 aromatic rings. The molecule has 2 unspecified atom stereocenters. The van der Waals surface area contributed by atoms with Crippen LogP contribution < -0.4 is 0 Å². The van der Waals surface area contributed by atoms with Crippen LogP contribution in [0, 0.1) is 11.3 Å². The van der Waals surface area contributed by atoms with Crippen LogP contribution in [-0.2, 0) is 0 Å². The smallest absolute Gasteiger partial charge is 0.254 e. The summed E-state index contributed by atoms with van der Waals surface area (Å²) in [6, 6.07) is 12.3. The average Bonchev–Trinajstić information content (AvgIpc) is 3.09. The number of likely N-dealkylation sites (tertiary alicyclic amines) is 1. The Hall–Kier alpha value is -2.58. The number of carbonyl (C=O) groups excluding carboxylic acids is 1. The van der Waals surface area contributed by atoms with Crippen LogP contribution in [0.3, 0.4) is 0 Å². The molecule has 5 nitrogen and oxygen atoms in total. The topological polar surface area (TPSA) is 77.5 Å². The highest BCUT2D eigenvalue weighted by molar-refractivity contribution is 5.94. The third kappa shape index (κ3) is 4.09. The van der Waals surface area contributed by atoms with E-state index in [-0.39, 0.29) is 11.9 Å². The van der Waals surface area contributed by atoms with Gasteiger partial charge in [-0.1, -0.05) is 12.8 Å². The van der Waals surface area contributed by atoms with Crippen molar-refractivity contribution in [2.45, 2.75) is 44.2 Å². The SMILES string of the molecule is N#Cc1ccc(C(=O)N2CCCCCC2CC(O)c2ccco2)cc1. The summed E-state index contributed by atoms with van der Waals surface area (Å²) in [7, 11) is 0. The first-order valence-electron chi connectivity index (χ1n) is 8.71. The fourth-order valence-corrected chi connectivity index (χ4v) is 3.40. The van der Waals surface area contributed by atoms with Crippen LogP contribution >= 0.6 is 0 Å². The molecule has 0 radical (unpaired) electrons. The van der Waals surface area contributed by atoms with Crippen LogP contribution in [0.15, 0.2) is 47.1 Å². The van der Waals surface area contributed by atoms with Crippen molar-refractivity contribution in [2.75, 3.05) is 6.54 Å². The number of furan rings is 1. The van der Waals surface area contributed by atoms with Crippen molar-refractivity contribution in [2.24, 2.45) is 0 Å². The average molecular weight is 338 g/mol. The molecular formula is C20H22N2O3. The number of hydrogen-bond acceptors (Lipinski definition) is 4. The Balaban J connectivity index is 1.77. The molecule has 1 saturated heterocycles. The van der Waals surface area contributed by atoms with Crippen LogP contribution in [0.2, 0.25) is 0 Å².